The molecule has 2 nitrogen and oxygen atoms in total. The Bertz CT molecular complexity index is 526. The molecule has 2 rings (SSSR count). The van der Waals surface area contributed by atoms with Gasteiger partial charge in [-0.2, -0.15) is 0 Å². The molecule has 0 saturated carbocycles. The topological polar surface area (TPSA) is 25.8 Å². The van der Waals surface area contributed by atoms with Crippen LogP contribution in [0.5, 0.6) is 0 Å². The number of aromatic nitrogens is 2. The number of rotatable bonds is 1. The van der Waals surface area contributed by atoms with Gasteiger partial charge in [0.05, 0.1) is 10.0 Å². The van der Waals surface area contributed by atoms with E-state index in [1.165, 1.54) is 31.5 Å². The molecule has 0 saturated heterocycles. The molecule has 0 aliphatic rings. The second kappa shape index (κ2) is 4.25. The lowest BCUT2D eigenvalue weighted by Crippen LogP contribution is -1.96. The maximum Gasteiger partial charge on any atom is 0.170 e. The molecule has 1 aromatic heterocycles. The number of nitrogens with zero attached hydrogens (tertiary/aromatic N) is 2. The van der Waals surface area contributed by atoms with Gasteiger partial charge >= 0.3 is 0 Å². The zero-order chi connectivity index (χ0) is 11.7. The molecule has 0 N–H and O–H groups in total. The first-order valence-electron chi connectivity index (χ1n) is 4.52. The number of hydrogen-bond donors (Lipinski definition) is 0. The molecule has 0 aliphatic heterocycles. The molecule has 0 radical (unpaired) electrons. The van der Waals surface area contributed by atoms with E-state index in [2.05, 4.69) is 25.9 Å². The van der Waals surface area contributed by atoms with Crippen molar-refractivity contribution >= 4 is 15.9 Å². The Kier molecular flexibility index (Phi) is 2.96. The molecule has 0 bridgehead atoms. The van der Waals surface area contributed by atoms with Crippen molar-refractivity contribution in [1.82, 2.24) is 9.97 Å². The van der Waals surface area contributed by atoms with Crippen molar-refractivity contribution in [3.8, 4) is 11.4 Å². The van der Waals surface area contributed by atoms with Crippen LogP contribution in [0.3, 0.4) is 0 Å². The van der Waals surface area contributed by atoms with Crippen LogP contribution < -0.4 is 0 Å². The fraction of sp³-hybridized carbons (Fsp3) is 0.0909. The Balaban J connectivity index is 2.57. The van der Waals surface area contributed by atoms with Crippen molar-refractivity contribution in [2.24, 2.45) is 0 Å². The van der Waals surface area contributed by atoms with E-state index in [0.29, 0.717) is 4.47 Å². The van der Waals surface area contributed by atoms with E-state index in [-0.39, 0.29) is 17.0 Å². The van der Waals surface area contributed by atoms with Gasteiger partial charge in [0.15, 0.2) is 17.5 Å². The minimum atomic E-state index is -0.915. The minimum Gasteiger partial charge on any atom is -0.235 e. The van der Waals surface area contributed by atoms with Crippen LogP contribution in [-0.2, 0) is 0 Å². The summed E-state index contributed by atoms with van der Waals surface area (Å²) in [6.45, 7) is 1.50. The van der Waals surface area contributed by atoms with E-state index < -0.39 is 11.6 Å². The summed E-state index contributed by atoms with van der Waals surface area (Å²) in [4.78, 5) is 7.83. The first-order chi connectivity index (χ1) is 7.59. The maximum absolute atomic E-state index is 13.6. The number of halogens is 3. The summed E-state index contributed by atoms with van der Waals surface area (Å²) >= 11 is 3.17. The predicted molar refractivity (Wildman–Crippen MR) is 59.8 cm³/mol. The van der Waals surface area contributed by atoms with Crippen LogP contribution in [0.4, 0.5) is 8.78 Å². The molecule has 0 amide bonds. The van der Waals surface area contributed by atoms with Crippen molar-refractivity contribution in [1.29, 1.82) is 0 Å². The zero-order valence-electron chi connectivity index (χ0n) is 8.34. The molecule has 2 aromatic rings. The van der Waals surface area contributed by atoms with Gasteiger partial charge in [0, 0.05) is 12.4 Å². The van der Waals surface area contributed by atoms with E-state index in [1.54, 1.807) is 0 Å². The maximum atomic E-state index is 13.6. The van der Waals surface area contributed by atoms with Gasteiger partial charge in [-0.15, -0.1) is 0 Å². The number of aryl methyl sites for hydroxylation is 1. The van der Waals surface area contributed by atoms with Crippen molar-refractivity contribution in [2.75, 3.05) is 0 Å². The van der Waals surface area contributed by atoms with Crippen molar-refractivity contribution < 1.29 is 8.78 Å². The standard InChI is InChI=1S/C11H7BrF2N2/c1-6-2-3-8(10(14)9(6)13)11-15-4-7(12)5-16-11/h2-5H,1H3. The number of benzene rings is 1. The molecule has 0 spiro atoms. The summed E-state index contributed by atoms with van der Waals surface area (Å²) in [5, 5.41) is 0. The Morgan fingerprint density at radius 2 is 1.69 bits per heavy atom. The van der Waals surface area contributed by atoms with Gasteiger partial charge in [0.2, 0.25) is 0 Å². The van der Waals surface area contributed by atoms with E-state index in [0.717, 1.165) is 0 Å². The fourth-order valence-corrected chi connectivity index (χ4v) is 1.47. The van der Waals surface area contributed by atoms with E-state index in [1.807, 2.05) is 0 Å². The SMILES string of the molecule is Cc1ccc(-c2ncc(Br)cn2)c(F)c1F. The van der Waals surface area contributed by atoms with Crippen LogP contribution in [-0.4, -0.2) is 9.97 Å². The van der Waals surface area contributed by atoms with Crippen LogP contribution in [0.15, 0.2) is 29.0 Å². The van der Waals surface area contributed by atoms with Gasteiger partial charge in [-0.1, -0.05) is 6.07 Å². The van der Waals surface area contributed by atoms with Gasteiger partial charge < -0.3 is 0 Å². The van der Waals surface area contributed by atoms with Gasteiger partial charge in [0.1, 0.15) is 0 Å². The summed E-state index contributed by atoms with van der Waals surface area (Å²) < 4.78 is 27.6. The van der Waals surface area contributed by atoms with Crippen molar-refractivity contribution in [3.63, 3.8) is 0 Å². The first-order valence-corrected chi connectivity index (χ1v) is 5.31. The van der Waals surface area contributed by atoms with Crippen molar-refractivity contribution in [2.45, 2.75) is 6.92 Å². The van der Waals surface area contributed by atoms with Gasteiger partial charge in [-0.3, -0.25) is 0 Å². The smallest absolute Gasteiger partial charge is 0.170 e. The Labute approximate surface area is 99.5 Å². The van der Waals surface area contributed by atoms with Crippen LogP contribution >= 0.6 is 15.9 Å². The van der Waals surface area contributed by atoms with Gasteiger partial charge in [-0.25, -0.2) is 18.7 Å². The molecule has 1 heterocycles. The molecule has 0 unspecified atom stereocenters. The lowest BCUT2D eigenvalue weighted by atomic mass is 10.1. The monoisotopic (exact) mass is 284 g/mol. The normalized spacial score (nSPS) is 10.5. The second-order valence-electron chi connectivity index (χ2n) is 3.28. The molecule has 1 aromatic carbocycles. The van der Waals surface area contributed by atoms with Gasteiger partial charge in [-0.05, 0) is 34.5 Å². The molecule has 0 atom stereocenters. The second-order valence-corrected chi connectivity index (χ2v) is 4.20. The highest BCUT2D eigenvalue weighted by molar-refractivity contribution is 9.10. The molecule has 0 aliphatic carbocycles. The Morgan fingerprint density at radius 1 is 1.06 bits per heavy atom. The molecule has 5 heteroatoms. The average Bonchev–Trinajstić information content (AvgIpc) is 2.28. The van der Waals surface area contributed by atoms with Crippen LogP contribution in [0.25, 0.3) is 11.4 Å². The van der Waals surface area contributed by atoms with Crippen LogP contribution in [0.1, 0.15) is 5.56 Å². The third-order valence-electron chi connectivity index (χ3n) is 2.14. The lowest BCUT2D eigenvalue weighted by Gasteiger charge is -2.04. The number of hydrogen-bond acceptors (Lipinski definition) is 2. The van der Waals surface area contributed by atoms with Crippen molar-refractivity contribution in [3.05, 3.63) is 46.2 Å². The summed E-state index contributed by atoms with van der Waals surface area (Å²) in [6.07, 6.45) is 2.97. The molecule has 0 fully saturated rings. The van der Waals surface area contributed by atoms with E-state index >= 15 is 0 Å². The highest BCUT2D eigenvalue weighted by Crippen LogP contribution is 2.23. The average molecular weight is 285 g/mol. The van der Waals surface area contributed by atoms with E-state index in [9.17, 15) is 8.78 Å². The fourth-order valence-electron chi connectivity index (χ4n) is 1.27. The molecular formula is C11H7BrF2N2. The molecule has 16 heavy (non-hydrogen) atoms. The lowest BCUT2D eigenvalue weighted by molar-refractivity contribution is 0.505. The Morgan fingerprint density at radius 3 is 2.31 bits per heavy atom. The highest BCUT2D eigenvalue weighted by atomic mass is 79.9. The predicted octanol–water partition coefficient (Wildman–Crippen LogP) is 3.49. The summed E-state index contributed by atoms with van der Waals surface area (Å²) in [6, 6.07) is 2.97. The van der Waals surface area contributed by atoms with Crippen LogP contribution in [0.2, 0.25) is 0 Å². The minimum absolute atomic E-state index is 0.0654. The molecule has 82 valence electrons. The largest absolute Gasteiger partial charge is 0.235 e. The summed E-state index contributed by atoms with van der Waals surface area (Å²) in [5.74, 6) is -1.61. The van der Waals surface area contributed by atoms with Gasteiger partial charge in [0.25, 0.3) is 0 Å². The Hall–Kier alpha value is -1.36. The quantitative estimate of drug-likeness (QED) is 0.801. The summed E-state index contributed by atoms with van der Waals surface area (Å²) in [5.41, 5.74) is 0.328. The first kappa shape index (κ1) is 11.1. The third-order valence-corrected chi connectivity index (χ3v) is 2.55. The third kappa shape index (κ3) is 1.95. The van der Waals surface area contributed by atoms with E-state index in [4.69, 9.17) is 0 Å². The van der Waals surface area contributed by atoms with Crippen LogP contribution in [0, 0.1) is 18.6 Å². The zero-order valence-corrected chi connectivity index (χ0v) is 9.92. The highest BCUT2D eigenvalue weighted by Gasteiger charge is 2.14. The molecular weight excluding hydrogens is 278 g/mol. The summed E-state index contributed by atoms with van der Waals surface area (Å²) in [7, 11) is 0.